The summed E-state index contributed by atoms with van der Waals surface area (Å²) in [5.41, 5.74) is 0. The molecule has 0 amide bonds. The molecule has 1 N–H and O–H groups in total. The highest BCUT2D eigenvalue weighted by Crippen LogP contribution is 2.13. The maximum atomic E-state index is 8.80. The van der Waals surface area contributed by atoms with Crippen molar-refractivity contribution in [3.8, 4) is 0 Å². The Balaban J connectivity index is 3.26. The highest BCUT2D eigenvalue weighted by molar-refractivity contribution is 6.20. The Bertz CT molecular complexity index is 69.7. The second-order valence-corrected chi connectivity index (χ2v) is 3.56. The molecule has 0 aromatic rings. The van der Waals surface area contributed by atoms with Crippen molar-refractivity contribution >= 4 is 11.6 Å². The maximum Gasteiger partial charge on any atom is 0.0459 e. The summed E-state index contributed by atoms with van der Waals surface area (Å²) < 4.78 is 0. The first-order valence-electron chi connectivity index (χ1n) is 3.95. The van der Waals surface area contributed by atoms with Crippen molar-refractivity contribution in [3.63, 3.8) is 0 Å². The third kappa shape index (κ3) is 5.07. The van der Waals surface area contributed by atoms with E-state index in [0.717, 1.165) is 19.3 Å². The fourth-order valence-corrected chi connectivity index (χ4v) is 1.02. The van der Waals surface area contributed by atoms with Gasteiger partial charge >= 0.3 is 0 Å². The fourth-order valence-electron chi connectivity index (χ4n) is 0.890. The van der Waals surface area contributed by atoms with Crippen molar-refractivity contribution in [3.05, 3.63) is 0 Å². The Kier molecular flexibility index (Phi) is 6.14. The van der Waals surface area contributed by atoms with Crippen molar-refractivity contribution in [2.24, 2.45) is 5.92 Å². The molecular weight excluding hydrogens is 148 g/mol. The van der Waals surface area contributed by atoms with Crippen molar-refractivity contribution in [1.29, 1.82) is 0 Å². The average molecular weight is 165 g/mol. The number of aliphatic hydroxyl groups excluding tert-OH is 1. The summed E-state index contributed by atoms with van der Waals surface area (Å²) in [4.78, 5) is 0. The van der Waals surface area contributed by atoms with Gasteiger partial charge in [-0.15, -0.1) is 11.6 Å². The van der Waals surface area contributed by atoms with Gasteiger partial charge in [-0.05, 0) is 25.7 Å². The molecule has 0 radical (unpaired) electrons. The number of halogens is 1. The van der Waals surface area contributed by atoms with Crippen LogP contribution in [0.2, 0.25) is 0 Å². The summed E-state index contributed by atoms with van der Waals surface area (Å²) in [5.74, 6) is 0.459. The van der Waals surface area contributed by atoms with Gasteiger partial charge in [-0.25, -0.2) is 0 Å². The molecule has 0 aliphatic rings. The Morgan fingerprint density at radius 2 is 2.00 bits per heavy atom. The van der Waals surface area contributed by atoms with Gasteiger partial charge < -0.3 is 5.11 Å². The molecule has 0 rings (SSSR count). The third-order valence-corrected chi connectivity index (χ3v) is 2.03. The lowest BCUT2D eigenvalue weighted by Gasteiger charge is -2.11. The first-order chi connectivity index (χ1) is 4.70. The molecule has 0 bridgehead atoms. The Morgan fingerprint density at radius 1 is 1.40 bits per heavy atom. The van der Waals surface area contributed by atoms with Gasteiger partial charge in [0.1, 0.15) is 0 Å². The smallest absolute Gasteiger partial charge is 0.0459 e. The standard InChI is InChI=1S/C8H17ClO/c1-3-8(6-10)5-4-7(2)9/h7-8,10H,3-6H2,1-2H3/t7?,8-/m1/s1. The molecule has 0 aromatic carbocycles. The largest absolute Gasteiger partial charge is 0.396 e. The predicted octanol–water partition coefficient (Wildman–Crippen LogP) is 2.41. The Morgan fingerprint density at radius 3 is 2.30 bits per heavy atom. The topological polar surface area (TPSA) is 20.2 Å². The van der Waals surface area contributed by atoms with Gasteiger partial charge in [-0.1, -0.05) is 13.3 Å². The first kappa shape index (κ1) is 10.2. The van der Waals surface area contributed by atoms with Crippen LogP contribution in [0.1, 0.15) is 33.1 Å². The zero-order valence-electron chi connectivity index (χ0n) is 6.81. The molecule has 0 heterocycles. The van der Waals surface area contributed by atoms with Crippen molar-refractivity contribution in [1.82, 2.24) is 0 Å². The summed E-state index contributed by atoms with van der Waals surface area (Å²) >= 11 is 5.75. The second-order valence-electron chi connectivity index (χ2n) is 2.81. The SMILES string of the molecule is CC[C@@H](CO)CCC(C)Cl. The molecule has 0 fully saturated rings. The number of hydrogen-bond donors (Lipinski definition) is 1. The summed E-state index contributed by atoms with van der Waals surface area (Å²) in [7, 11) is 0. The first-order valence-corrected chi connectivity index (χ1v) is 4.39. The Hall–Kier alpha value is 0.250. The molecule has 0 spiro atoms. The monoisotopic (exact) mass is 164 g/mol. The predicted molar refractivity (Wildman–Crippen MR) is 45.4 cm³/mol. The molecule has 10 heavy (non-hydrogen) atoms. The van der Waals surface area contributed by atoms with E-state index in [1.165, 1.54) is 0 Å². The van der Waals surface area contributed by atoms with E-state index in [1.807, 2.05) is 6.92 Å². The van der Waals surface area contributed by atoms with Gasteiger partial charge in [0.2, 0.25) is 0 Å². The highest BCUT2D eigenvalue weighted by atomic mass is 35.5. The van der Waals surface area contributed by atoms with Crippen LogP contribution >= 0.6 is 11.6 Å². The van der Waals surface area contributed by atoms with Crippen LogP contribution in [0.25, 0.3) is 0 Å². The van der Waals surface area contributed by atoms with Crippen molar-refractivity contribution in [2.45, 2.75) is 38.5 Å². The van der Waals surface area contributed by atoms with Crippen LogP contribution in [0.15, 0.2) is 0 Å². The van der Waals surface area contributed by atoms with Crippen molar-refractivity contribution in [2.75, 3.05) is 6.61 Å². The van der Waals surface area contributed by atoms with E-state index in [9.17, 15) is 0 Å². The lowest BCUT2D eigenvalue weighted by molar-refractivity contribution is 0.212. The van der Waals surface area contributed by atoms with Crippen LogP contribution in [0, 0.1) is 5.92 Å². The van der Waals surface area contributed by atoms with Crippen molar-refractivity contribution < 1.29 is 5.11 Å². The van der Waals surface area contributed by atoms with Crippen LogP contribution in [0.5, 0.6) is 0 Å². The van der Waals surface area contributed by atoms with E-state index in [2.05, 4.69) is 6.92 Å². The number of alkyl halides is 1. The highest BCUT2D eigenvalue weighted by Gasteiger charge is 2.05. The molecule has 0 saturated carbocycles. The van der Waals surface area contributed by atoms with Gasteiger partial charge in [0, 0.05) is 12.0 Å². The summed E-state index contributed by atoms with van der Waals surface area (Å²) in [5, 5.41) is 9.05. The second kappa shape index (κ2) is 5.99. The molecule has 0 aromatic heterocycles. The van der Waals surface area contributed by atoms with E-state index in [-0.39, 0.29) is 5.38 Å². The normalized spacial score (nSPS) is 16.8. The summed E-state index contributed by atoms with van der Waals surface area (Å²) in [6.45, 7) is 4.39. The lowest BCUT2D eigenvalue weighted by atomic mass is 10.0. The fraction of sp³-hybridized carbons (Fsp3) is 1.00. The molecule has 0 saturated heterocycles. The molecule has 1 unspecified atom stereocenters. The maximum absolute atomic E-state index is 8.80. The van der Waals surface area contributed by atoms with E-state index >= 15 is 0 Å². The molecule has 2 heteroatoms. The number of rotatable bonds is 5. The van der Waals surface area contributed by atoms with Gasteiger partial charge in [0.05, 0.1) is 0 Å². The molecule has 62 valence electrons. The van der Waals surface area contributed by atoms with Crippen LogP contribution in [0.4, 0.5) is 0 Å². The quantitative estimate of drug-likeness (QED) is 0.619. The minimum atomic E-state index is 0.251. The van der Waals surface area contributed by atoms with E-state index in [4.69, 9.17) is 16.7 Å². The van der Waals surface area contributed by atoms with Gasteiger partial charge in [0.15, 0.2) is 0 Å². The number of hydrogen-bond acceptors (Lipinski definition) is 1. The Labute approximate surface area is 68.4 Å². The molecular formula is C8H17ClO. The third-order valence-electron chi connectivity index (χ3n) is 1.81. The minimum absolute atomic E-state index is 0.251. The van der Waals surface area contributed by atoms with Crippen LogP contribution in [0.3, 0.4) is 0 Å². The number of aliphatic hydroxyl groups is 1. The zero-order chi connectivity index (χ0) is 7.98. The average Bonchev–Trinajstić information content (AvgIpc) is 1.90. The summed E-state index contributed by atoms with van der Waals surface area (Å²) in [6, 6.07) is 0. The molecule has 2 atom stereocenters. The van der Waals surface area contributed by atoms with E-state index in [0.29, 0.717) is 12.5 Å². The minimum Gasteiger partial charge on any atom is -0.396 e. The summed E-state index contributed by atoms with van der Waals surface area (Å²) in [6.07, 6.45) is 3.12. The molecule has 1 nitrogen and oxygen atoms in total. The molecule has 0 aliphatic heterocycles. The van der Waals surface area contributed by atoms with Crippen LogP contribution < -0.4 is 0 Å². The van der Waals surface area contributed by atoms with Crippen LogP contribution in [-0.2, 0) is 0 Å². The van der Waals surface area contributed by atoms with Crippen LogP contribution in [-0.4, -0.2) is 17.1 Å². The zero-order valence-corrected chi connectivity index (χ0v) is 7.56. The molecule has 0 aliphatic carbocycles. The van der Waals surface area contributed by atoms with Gasteiger partial charge in [-0.3, -0.25) is 0 Å². The van der Waals surface area contributed by atoms with Gasteiger partial charge in [0.25, 0.3) is 0 Å². The van der Waals surface area contributed by atoms with Gasteiger partial charge in [-0.2, -0.15) is 0 Å². The lowest BCUT2D eigenvalue weighted by Crippen LogP contribution is -2.06. The van der Waals surface area contributed by atoms with E-state index in [1.54, 1.807) is 0 Å². The van der Waals surface area contributed by atoms with E-state index < -0.39 is 0 Å².